The Morgan fingerprint density at radius 1 is 1.65 bits per heavy atom. The molecular weight excluding hydrogens is 300 g/mol. The van der Waals surface area contributed by atoms with Crippen molar-refractivity contribution in [2.75, 3.05) is 11.5 Å². The van der Waals surface area contributed by atoms with Gasteiger partial charge in [-0.05, 0) is 12.5 Å². The monoisotopic (exact) mass is 314 g/mol. The first-order valence-electron chi connectivity index (χ1n) is 4.81. The van der Waals surface area contributed by atoms with Crippen molar-refractivity contribution in [3.05, 3.63) is 12.2 Å². The number of hydrogen-bond acceptors (Lipinski definition) is 6. The molecule has 0 radical (unpaired) electrons. The van der Waals surface area contributed by atoms with Crippen LogP contribution in [0, 0.1) is 0 Å². The second-order valence-corrected chi connectivity index (χ2v) is 8.58. The molecule has 98 valence electrons. The molecule has 8 heteroatoms. The minimum Gasteiger partial charge on any atom is -0.293 e. The van der Waals surface area contributed by atoms with Crippen LogP contribution in [-0.4, -0.2) is 45.3 Å². The van der Waals surface area contributed by atoms with E-state index in [9.17, 15) is 17.8 Å². The maximum atomic E-state index is 11.8. The summed E-state index contributed by atoms with van der Waals surface area (Å²) in [6.07, 6.45) is 0. The van der Waals surface area contributed by atoms with E-state index < -0.39 is 26.4 Å². The van der Waals surface area contributed by atoms with Crippen molar-refractivity contribution in [3.63, 3.8) is 0 Å². The van der Waals surface area contributed by atoms with Gasteiger partial charge in [-0.25, -0.2) is 0 Å². The predicted octanol–water partition coefficient (Wildman–Crippen LogP) is 1.49. The zero-order valence-electron chi connectivity index (χ0n) is 9.20. The fourth-order valence-corrected chi connectivity index (χ4v) is 6.70. The average Bonchev–Trinajstić information content (AvgIpc) is 2.63. The second-order valence-electron chi connectivity index (χ2n) is 3.70. The summed E-state index contributed by atoms with van der Waals surface area (Å²) in [5, 5.41) is -1.83. The summed E-state index contributed by atoms with van der Waals surface area (Å²) < 4.78 is 32.0. The van der Waals surface area contributed by atoms with E-state index >= 15 is 0 Å². The van der Waals surface area contributed by atoms with Crippen LogP contribution in [0.25, 0.3) is 0 Å². The summed E-state index contributed by atoms with van der Waals surface area (Å²) >= 11 is 7.06. The molecule has 0 bridgehead atoms. The van der Waals surface area contributed by atoms with Crippen LogP contribution in [0.4, 0.5) is 0 Å². The predicted molar refractivity (Wildman–Crippen MR) is 76.6 cm³/mol. The normalized spacial score (nSPS) is 26.8. The molecule has 1 heterocycles. The number of Topliss-reactive ketones (excluding diaryl/α,β-unsaturated/α-hetero) is 1. The lowest BCUT2D eigenvalue weighted by atomic mass is 10.1. The van der Waals surface area contributed by atoms with Crippen molar-refractivity contribution in [2.24, 2.45) is 0 Å². The number of thiol groups is 1. The van der Waals surface area contributed by atoms with Gasteiger partial charge >= 0.3 is 0 Å². The molecule has 1 aliphatic heterocycles. The maximum absolute atomic E-state index is 11.8. The smallest absolute Gasteiger partial charge is 0.276 e. The van der Waals surface area contributed by atoms with E-state index in [1.165, 1.54) is 18.7 Å². The van der Waals surface area contributed by atoms with Crippen LogP contribution in [0.5, 0.6) is 0 Å². The highest BCUT2D eigenvalue weighted by atomic mass is 32.2. The molecule has 0 aliphatic carbocycles. The standard InChI is InChI=1S/C9H14O4S4/c1-5(2)8(10)9(17(11,12)13)6-4-15-7(3-14)16-6/h6-7,9,14H,1,3-4H2,2H3,(H,11,12,13). The fourth-order valence-electron chi connectivity index (χ4n) is 1.47. The molecule has 0 spiro atoms. The number of ketones is 1. The molecule has 1 saturated heterocycles. The summed E-state index contributed by atoms with van der Waals surface area (Å²) in [6.45, 7) is 4.89. The molecular formula is C9H14O4S4. The Balaban J connectivity index is 2.94. The van der Waals surface area contributed by atoms with E-state index in [0.717, 1.165) is 0 Å². The Morgan fingerprint density at radius 2 is 2.24 bits per heavy atom. The second kappa shape index (κ2) is 6.01. The zero-order valence-corrected chi connectivity index (χ0v) is 12.5. The van der Waals surface area contributed by atoms with Gasteiger partial charge in [-0.3, -0.25) is 9.35 Å². The van der Waals surface area contributed by atoms with Crippen molar-refractivity contribution in [1.29, 1.82) is 0 Å². The minimum absolute atomic E-state index is 0.146. The SMILES string of the molecule is C=C(C)C(=O)C(C1CSC(CS)S1)S(=O)(=O)O. The number of thioether (sulfide) groups is 2. The Kier molecular flexibility index (Phi) is 5.45. The Morgan fingerprint density at radius 3 is 2.59 bits per heavy atom. The van der Waals surface area contributed by atoms with Crippen LogP contribution in [0.2, 0.25) is 0 Å². The topological polar surface area (TPSA) is 71.4 Å². The van der Waals surface area contributed by atoms with Crippen LogP contribution >= 0.6 is 36.2 Å². The molecule has 0 aromatic heterocycles. The number of allylic oxidation sites excluding steroid dienone is 1. The van der Waals surface area contributed by atoms with Crippen molar-refractivity contribution >= 4 is 52.1 Å². The summed E-state index contributed by atoms with van der Waals surface area (Å²) in [6, 6.07) is 0. The molecule has 3 unspecified atom stereocenters. The highest BCUT2D eigenvalue weighted by molar-refractivity contribution is 8.21. The highest BCUT2D eigenvalue weighted by Crippen LogP contribution is 2.41. The molecule has 0 amide bonds. The molecule has 4 nitrogen and oxygen atoms in total. The van der Waals surface area contributed by atoms with Crippen LogP contribution < -0.4 is 0 Å². The Labute approximate surface area is 115 Å². The molecule has 1 N–H and O–H groups in total. The largest absolute Gasteiger partial charge is 0.293 e. The fraction of sp³-hybridized carbons (Fsp3) is 0.667. The van der Waals surface area contributed by atoms with Crippen molar-refractivity contribution in [2.45, 2.75) is 22.0 Å². The lowest BCUT2D eigenvalue weighted by molar-refractivity contribution is -0.115. The van der Waals surface area contributed by atoms with Gasteiger partial charge in [-0.2, -0.15) is 21.0 Å². The number of hydrogen-bond donors (Lipinski definition) is 2. The van der Waals surface area contributed by atoms with E-state index in [2.05, 4.69) is 19.2 Å². The van der Waals surface area contributed by atoms with Gasteiger partial charge in [0.15, 0.2) is 11.0 Å². The van der Waals surface area contributed by atoms with Gasteiger partial charge in [0, 0.05) is 16.8 Å². The Hall–Kier alpha value is 0.370. The van der Waals surface area contributed by atoms with Gasteiger partial charge in [0.2, 0.25) is 0 Å². The first kappa shape index (κ1) is 15.4. The zero-order chi connectivity index (χ0) is 13.2. The third-order valence-electron chi connectivity index (χ3n) is 2.26. The maximum Gasteiger partial charge on any atom is 0.276 e. The molecule has 17 heavy (non-hydrogen) atoms. The van der Waals surface area contributed by atoms with E-state index in [1.54, 1.807) is 11.8 Å². The van der Waals surface area contributed by atoms with Crippen LogP contribution in [-0.2, 0) is 14.9 Å². The van der Waals surface area contributed by atoms with Crippen molar-refractivity contribution in [3.8, 4) is 0 Å². The summed E-state index contributed by atoms with van der Waals surface area (Å²) in [5.74, 6) is 0.510. The lowest BCUT2D eigenvalue weighted by Crippen LogP contribution is -2.39. The first-order chi connectivity index (χ1) is 7.77. The van der Waals surface area contributed by atoms with Crippen LogP contribution in [0.1, 0.15) is 6.92 Å². The van der Waals surface area contributed by atoms with Crippen LogP contribution in [0.15, 0.2) is 12.2 Å². The van der Waals surface area contributed by atoms with Gasteiger partial charge in [-0.15, -0.1) is 23.5 Å². The van der Waals surface area contributed by atoms with Crippen LogP contribution in [0.3, 0.4) is 0 Å². The van der Waals surface area contributed by atoms with Gasteiger partial charge in [0.1, 0.15) is 0 Å². The Bertz CT molecular complexity index is 417. The number of carbonyl (C=O) groups excluding carboxylic acids is 1. The average molecular weight is 314 g/mol. The number of rotatable bonds is 5. The highest BCUT2D eigenvalue weighted by Gasteiger charge is 2.43. The quantitative estimate of drug-likeness (QED) is 0.455. The van der Waals surface area contributed by atoms with E-state index in [0.29, 0.717) is 11.5 Å². The first-order valence-corrected chi connectivity index (χ1v) is 8.94. The van der Waals surface area contributed by atoms with Crippen molar-refractivity contribution in [1.82, 2.24) is 0 Å². The van der Waals surface area contributed by atoms with E-state index in [4.69, 9.17) is 0 Å². The molecule has 0 aromatic carbocycles. The van der Waals surface area contributed by atoms with Gasteiger partial charge < -0.3 is 0 Å². The summed E-state index contributed by atoms with van der Waals surface area (Å²) in [4.78, 5) is 11.8. The van der Waals surface area contributed by atoms with E-state index in [1.807, 2.05) is 0 Å². The molecule has 1 aliphatic rings. The molecule has 3 atom stereocenters. The van der Waals surface area contributed by atoms with Crippen molar-refractivity contribution < 1.29 is 17.8 Å². The number of carbonyl (C=O) groups is 1. The molecule has 0 saturated carbocycles. The lowest BCUT2D eigenvalue weighted by Gasteiger charge is -2.18. The van der Waals surface area contributed by atoms with E-state index in [-0.39, 0.29) is 10.2 Å². The van der Waals surface area contributed by atoms with Gasteiger partial charge in [-0.1, -0.05) is 6.58 Å². The summed E-state index contributed by atoms with van der Waals surface area (Å²) in [7, 11) is -4.39. The minimum atomic E-state index is -4.39. The summed E-state index contributed by atoms with van der Waals surface area (Å²) in [5.41, 5.74) is 0.146. The molecule has 1 fully saturated rings. The van der Waals surface area contributed by atoms with Gasteiger partial charge in [0.25, 0.3) is 10.1 Å². The van der Waals surface area contributed by atoms with Gasteiger partial charge in [0.05, 0.1) is 4.58 Å². The molecule has 0 aromatic rings. The third-order valence-corrected chi connectivity index (χ3v) is 7.78. The third kappa shape index (κ3) is 3.92. The molecule has 1 rings (SSSR count).